The summed E-state index contributed by atoms with van der Waals surface area (Å²) in [6.07, 6.45) is 0.356. The molecule has 0 unspecified atom stereocenters. The van der Waals surface area contributed by atoms with Crippen LogP contribution >= 0.6 is 15.9 Å². The predicted molar refractivity (Wildman–Crippen MR) is 75.0 cm³/mol. The highest BCUT2D eigenvalue weighted by Crippen LogP contribution is 2.33. The minimum atomic E-state index is -4.38. The number of nitrogens with one attached hydrogen (secondary N) is 1. The first-order valence-electron chi connectivity index (χ1n) is 5.68. The Balaban J connectivity index is 2.47. The van der Waals surface area contributed by atoms with Crippen molar-refractivity contribution >= 4 is 21.9 Å². The zero-order chi connectivity index (χ0) is 14.8. The number of aromatic nitrogens is 2. The molecule has 20 heavy (non-hydrogen) atoms. The molecule has 0 bridgehead atoms. The van der Waals surface area contributed by atoms with Gasteiger partial charge in [-0.3, -0.25) is 4.57 Å². The lowest BCUT2D eigenvalue weighted by Gasteiger charge is -2.13. The molecule has 106 valence electrons. The zero-order valence-corrected chi connectivity index (χ0v) is 11.9. The van der Waals surface area contributed by atoms with Crippen LogP contribution in [0.5, 0.6) is 0 Å². The highest BCUT2D eigenvalue weighted by atomic mass is 79.9. The quantitative estimate of drug-likeness (QED) is 0.839. The van der Waals surface area contributed by atoms with Crippen LogP contribution in [0.1, 0.15) is 5.56 Å². The van der Waals surface area contributed by atoms with Crippen molar-refractivity contribution in [2.75, 3.05) is 11.9 Å². The first-order valence-corrected chi connectivity index (χ1v) is 6.48. The van der Waals surface area contributed by atoms with Crippen molar-refractivity contribution in [3.8, 4) is 5.69 Å². The van der Waals surface area contributed by atoms with Gasteiger partial charge in [0.05, 0.1) is 11.3 Å². The second-order valence-electron chi connectivity index (χ2n) is 3.95. The third kappa shape index (κ3) is 3.04. The Morgan fingerprint density at radius 3 is 2.80 bits per heavy atom. The Morgan fingerprint density at radius 2 is 2.15 bits per heavy atom. The Labute approximate surface area is 122 Å². The third-order valence-corrected chi connectivity index (χ3v) is 3.25. The lowest BCUT2D eigenvalue weighted by Crippen LogP contribution is -2.09. The molecule has 0 atom stereocenters. The second-order valence-corrected chi connectivity index (χ2v) is 4.81. The summed E-state index contributed by atoms with van der Waals surface area (Å²) in [6.45, 7) is 4.03. The maximum absolute atomic E-state index is 12.8. The first kappa shape index (κ1) is 14.6. The van der Waals surface area contributed by atoms with E-state index in [1.165, 1.54) is 12.3 Å². The van der Waals surface area contributed by atoms with E-state index in [2.05, 4.69) is 32.8 Å². The fraction of sp³-hybridized carbons (Fsp3) is 0.154. The average Bonchev–Trinajstić information content (AvgIpc) is 2.83. The summed E-state index contributed by atoms with van der Waals surface area (Å²) in [5, 5.41) is 2.96. The summed E-state index contributed by atoms with van der Waals surface area (Å²) in [7, 11) is 0. The molecule has 2 aromatic rings. The van der Waals surface area contributed by atoms with E-state index in [0.29, 0.717) is 22.7 Å². The second kappa shape index (κ2) is 5.70. The average molecular weight is 346 g/mol. The molecule has 3 nitrogen and oxygen atoms in total. The summed E-state index contributed by atoms with van der Waals surface area (Å²) >= 11 is 3.26. The summed E-state index contributed by atoms with van der Waals surface area (Å²) in [4.78, 5) is 4.07. The summed E-state index contributed by atoms with van der Waals surface area (Å²) in [5.74, 6) is 0.449. The van der Waals surface area contributed by atoms with E-state index in [1.807, 2.05) is 0 Å². The number of halogens is 4. The summed E-state index contributed by atoms with van der Waals surface area (Å²) in [5.41, 5.74) is -0.344. The Morgan fingerprint density at radius 1 is 1.40 bits per heavy atom. The van der Waals surface area contributed by atoms with Crippen LogP contribution in [0, 0.1) is 0 Å². The largest absolute Gasteiger partial charge is 0.416 e. The molecule has 0 fully saturated rings. The van der Waals surface area contributed by atoms with Crippen molar-refractivity contribution in [3.63, 3.8) is 0 Å². The van der Waals surface area contributed by atoms with Crippen molar-refractivity contribution in [2.24, 2.45) is 0 Å². The molecule has 0 radical (unpaired) electrons. The maximum atomic E-state index is 12.8. The molecule has 0 aliphatic carbocycles. The van der Waals surface area contributed by atoms with Gasteiger partial charge in [-0.1, -0.05) is 6.08 Å². The van der Waals surface area contributed by atoms with Crippen LogP contribution in [0.4, 0.5) is 19.1 Å². The Bertz CT molecular complexity index is 620. The monoisotopic (exact) mass is 345 g/mol. The molecule has 0 spiro atoms. The normalized spacial score (nSPS) is 11.4. The van der Waals surface area contributed by atoms with Gasteiger partial charge in [0.25, 0.3) is 0 Å². The molecule has 1 aromatic carbocycles. The smallest absolute Gasteiger partial charge is 0.352 e. The first-order chi connectivity index (χ1) is 9.43. The van der Waals surface area contributed by atoms with E-state index in [9.17, 15) is 13.2 Å². The SMILES string of the molecule is C=CCNc1nccn1-c1cc(C(F)(F)F)ccc1Br. The highest BCUT2D eigenvalue weighted by Gasteiger charge is 2.31. The van der Waals surface area contributed by atoms with Gasteiger partial charge in [0.15, 0.2) is 0 Å². The van der Waals surface area contributed by atoms with Crippen LogP contribution in [0.2, 0.25) is 0 Å². The van der Waals surface area contributed by atoms with Crippen LogP contribution in [0.25, 0.3) is 5.69 Å². The molecule has 1 N–H and O–H groups in total. The zero-order valence-electron chi connectivity index (χ0n) is 10.3. The molecule has 0 aliphatic heterocycles. The Kier molecular flexibility index (Phi) is 4.17. The van der Waals surface area contributed by atoms with E-state index < -0.39 is 11.7 Å². The molecular formula is C13H11BrF3N3. The van der Waals surface area contributed by atoms with Gasteiger partial charge in [-0.05, 0) is 34.1 Å². The number of nitrogens with zero attached hydrogens (tertiary/aromatic N) is 2. The molecule has 0 saturated carbocycles. The topological polar surface area (TPSA) is 29.9 Å². The van der Waals surface area contributed by atoms with E-state index in [-0.39, 0.29) is 0 Å². The Hall–Kier alpha value is -1.76. The minimum absolute atomic E-state index is 0.365. The summed E-state index contributed by atoms with van der Waals surface area (Å²) in [6, 6.07) is 3.47. The van der Waals surface area contributed by atoms with E-state index in [4.69, 9.17) is 0 Å². The van der Waals surface area contributed by atoms with Crippen LogP contribution < -0.4 is 5.32 Å². The fourth-order valence-corrected chi connectivity index (χ4v) is 2.10. The van der Waals surface area contributed by atoms with Crippen LogP contribution in [0.15, 0.2) is 47.7 Å². The van der Waals surface area contributed by atoms with Crippen molar-refractivity contribution in [3.05, 3.63) is 53.3 Å². The molecule has 0 aliphatic rings. The van der Waals surface area contributed by atoms with E-state index >= 15 is 0 Å². The molecule has 0 saturated heterocycles. The van der Waals surface area contributed by atoms with Gasteiger partial charge in [0.1, 0.15) is 0 Å². The standard InChI is InChI=1S/C13H11BrF3N3/c1-2-5-18-12-19-6-7-20(12)11-8-9(13(15,16)17)3-4-10(11)14/h2-4,6-8H,1,5H2,(H,18,19). The van der Waals surface area contributed by atoms with Gasteiger partial charge in [0.2, 0.25) is 5.95 Å². The van der Waals surface area contributed by atoms with Gasteiger partial charge in [0, 0.05) is 23.4 Å². The number of benzene rings is 1. The van der Waals surface area contributed by atoms with E-state index in [0.717, 1.165) is 12.1 Å². The van der Waals surface area contributed by atoms with Crippen molar-refractivity contribution in [1.29, 1.82) is 0 Å². The van der Waals surface area contributed by atoms with Crippen LogP contribution in [0.3, 0.4) is 0 Å². The molecular weight excluding hydrogens is 335 g/mol. The number of hydrogen-bond acceptors (Lipinski definition) is 2. The van der Waals surface area contributed by atoms with E-state index in [1.54, 1.807) is 16.8 Å². The predicted octanol–water partition coefficient (Wildman–Crippen LogP) is 4.25. The molecule has 2 rings (SSSR count). The van der Waals surface area contributed by atoms with Crippen molar-refractivity contribution < 1.29 is 13.2 Å². The van der Waals surface area contributed by atoms with Crippen molar-refractivity contribution in [2.45, 2.75) is 6.18 Å². The fourth-order valence-electron chi connectivity index (χ4n) is 1.67. The number of hydrogen-bond donors (Lipinski definition) is 1. The van der Waals surface area contributed by atoms with Gasteiger partial charge in [-0.25, -0.2) is 4.98 Å². The summed E-state index contributed by atoms with van der Waals surface area (Å²) < 4.78 is 40.4. The number of rotatable bonds is 4. The third-order valence-electron chi connectivity index (χ3n) is 2.58. The minimum Gasteiger partial charge on any atom is -0.352 e. The van der Waals surface area contributed by atoms with Crippen LogP contribution in [-0.4, -0.2) is 16.1 Å². The van der Waals surface area contributed by atoms with Crippen molar-refractivity contribution in [1.82, 2.24) is 9.55 Å². The number of imidazole rings is 1. The molecule has 7 heteroatoms. The number of alkyl halides is 3. The van der Waals surface area contributed by atoms with Gasteiger partial charge in [-0.15, -0.1) is 6.58 Å². The lowest BCUT2D eigenvalue weighted by molar-refractivity contribution is -0.137. The van der Waals surface area contributed by atoms with Gasteiger partial charge < -0.3 is 5.32 Å². The highest BCUT2D eigenvalue weighted by molar-refractivity contribution is 9.10. The molecule has 1 aromatic heterocycles. The number of anilines is 1. The molecule has 0 amide bonds. The maximum Gasteiger partial charge on any atom is 0.416 e. The van der Waals surface area contributed by atoms with Crippen LogP contribution in [-0.2, 0) is 6.18 Å². The lowest BCUT2D eigenvalue weighted by atomic mass is 10.2. The van der Waals surface area contributed by atoms with Gasteiger partial charge in [-0.2, -0.15) is 13.2 Å². The molecule has 1 heterocycles. The van der Waals surface area contributed by atoms with Gasteiger partial charge >= 0.3 is 6.18 Å².